The zero-order valence-electron chi connectivity index (χ0n) is 14.6. The number of likely N-dealkylation sites (tertiary alicyclic amines) is 1. The standard InChI is InChI=1S/C17H27N3O3S/c1-17(2,3)19-24(22,23)15-6-4-14(5-7-15)16(21)20-10-8-13(12-18)9-11-20/h4-7,13,19H,8-12,18H2,1-3H3. The Morgan fingerprint density at radius 1 is 1.21 bits per heavy atom. The van der Waals surface area contributed by atoms with Crippen molar-refractivity contribution in [2.45, 2.75) is 44.0 Å². The van der Waals surface area contributed by atoms with Gasteiger partial charge >= 0.3 is 0 Å². The Balaban J connectivity index is 2.08. The Kier molecular flexibility index (Phi) is 5.67. The number of hydrogen-bond donors (Lipinski definition) is 2. The van der Waals surface area contributed by atoms with Crippen LogP contribution in [0.15, 0.2) is 29.2 Å². The SMILES string of the molecule is CC(C)(C)NS(=O)(=O)c1ccc(C(=O)N2CCC(CN)CC2)cc1. The molecule has 0 radical (unpaired) electrons. The Hall–Kier alpha value is -1.44. The van der Waals surface area contributed by atoms with Crippen LogP contribution in [0.3, 0.4) is 0 Å². The first-order chi connectivity index (χ1) is 11.1. The first-order valence-electron chi connectivity index (χ1n) is 8.26. The fourth-order valence-electron chi connectivity index (χ4n) is 2.79. The van der Waals surface area contributed by atoms with E-state index in [4.69, 9.17) is 5.73 Å². The second kappa shape index (κ2) is 7.21. The zero-order valence-corrected chi connectivity index (χ0v) is 15.4. The van der Waals surface area contributed by atoms with E-state index in [9.17, 15) is 13.2 Å². The van der Waals surface area contributed by atoms with Crippen LogP contribution >= 0.6 is 0 Å². The smallest absolute Gasteiger partial charge is 0.253 e. The summed E-state index contributed by atoms with van der Waals surface area (Å²) >= 11 is 0. The number of hydrogen-bond acceptors (Lipinski definition) is 4. The lowest BCUT2D eigenvalue weighted by Crippen LogP contribution is -2.40. The molecule has 1 heterocycles. The second-order valence-electron chi connectivity index (χ2n) is 7.35. The summed E-state index contributed by atoms with van der Waals surface area (Å²) < 4.78 is 27.2. The Morgan fingerprint density at radius 2 is 1.75 bits per heavy atom. The summed E-state index contributed by atoms with van der Waals surface area (Å²) in [6.45, 7) is 7.42. The average Bonchev–Trinajstić information content (AvgIpc) is 2.52. The summed E-state index contributed by atoms with van der Waals surface area (Å²) in [5, 5.41) is 0. The zero-order chi connectivity index (χ0) is 18.0. The fourth-order valence-corrected chi connectivity index (χ4v) is 4.21. The van der Waals surface area contributed by atoms with Gasteiger partial charge in [-0.05, 0) is 70.3 Å². The van der Waals surface area contributed by atoms with Crippen molar-refractivity contribution in [2.24, 2.45) is 11.7 Å². The Morgan fingerprint density at radius 3 is 2.21 bits per heavy atom. The van der Waals surface area contributed by atoms with Gasteiger partial charge in [-0.3, -0.25) is 4.79 Å². The summed E-state index contributed by atoms with van der Waals surface area (Å²) in [5.74, 6) is 0.434. The maximum Gasteiger partial charge on any atom is 0.253 e. The van der Waals surface area contributed by atoms with Crippen molar-refractivity contribution >= 4 is 15.9 Å². The van der Waals surface area contributed by atoms with Crippen molar-refractivity contribution in [1.29, 1.82) is 0 Å². The highest BCUT2D eigenvalue weighted by Crippen LogP contribution is 2.19. The van der Waals surface area contributed by atoms with Crippen LogP contribution in [0.5, 0.6) is 0 Å². The maximum absolute atomic E-state index is 12.5. The summed E-state index contributed by atoms with van der Waals surface area (Å²) in [4.78, 5) is 14.5. The lowest BCUT2D eigenvalue weighted by atomic mass is 9.96. The van der Waals surface area contributed by atoms with Crippen LogP contribution in [0.1, 0.15) is 44.0 Å². The third-order valence-corrected chi connectivity index (χ3v) is 5.86. The fraction of sp³-hybridized carbons (Fsp3) is 0.588. The molecule has 1 aliphatic heterocycles. The molecular formula is C17H27N3O3S. The van der Waals surface area contributed by atoms with Gasteiger partial charge in [0.15, 0.2) is 0 Å². The molecule has 1 fully saturated rings. The lowest BCUT2D eigenvalue weighted by molar-refractivity contribution is 0.0693. The number of amides is 1. The van der Waals surface area contributed by atoms with Gasteiger partial charge in [-0.25, -0.2) is 13.1 Å². The van der Waals surface area contributed by atoms with E-state index >= 15 is 0 Å². The molecular weight excluding hydrogens is 326 g/mol. The maximum atomic E-state index is 12.5. The van der Waals surface area contributed by atoms with Gasteiger partial charge in [0.25, 0.3) is 5.91 Å². The van der Waals surface area contributed by atoms with Crippen molar-refractivity contribution < 1.29 is 13.2 Å². The molecule has 24 heavy (non-hydrogen) atoms. The van der Waals surface area contributed by atoms with Crippen molar-refractivity contribution in [3.05, 3.63) is 29.8 Å². The van der Waals surface area contributed by atoms with E-state index in [0.717, 1.165) is 12.8 Å². The molecule has 1 aromatic rings. The molecule has 0 unspecified atom stereocenters. The Bertz CT molecular complexity index is 670. The van der Waals surface area contributed by atoms with Crippen LogP contribution in [-0.2, 0) is 10.0 Å². The minimum absolute atomic E-state index is 0.0572. The van der Waals surface area contributed by atoms with Crippen LogP contribution in [0.25, 0.3) is 0 Å². The summed E-state index contributed by atoms with van der Waals surface area (Å²) in [6, 6.07) is 6.12. The van der Waals surface area contributed by atoms with Crippen molar-refractivity contribution in [1.82, 2.24) is 9.62 Å². The van der Waals surface area contributed by atoms with E-state index in [1.54, 1.807) is 32.9 Å². The van der Waals surface area contributed by atoms with E-state index in [0.29, 0.717) is 31.1 Å². The molecule has 0 saturated carbocycles. The molecule has 1 amide bonds. The van der Waals surface area contributed by atoms with Gasteiger partial charge < -0.3 is 10.6 Å². The summed E-state index contributed by atoms with van der Waals surface area (Å²) in [5.41, 5.74) is 5.63. The van der Waals surface area contributed by atoms with Crippen LogP contribution in [-0.4, -0.2) is 44.4 Å². The van der Waals surface area contributed by atoms with Crippen LogP contribution in [0, 0.1) is 5.92 Å². The lowest BCUT2D eigenvalue weighted by Gasteiger charge is -2.31. The molecule has 0 spiro atoms. The number of carbonyl (C=O) groups excluding carboxylic acids is 1. The average molecular weight is 353 g/mol. The van der Waals surface area contributed by atoms with E-state index < -0.39 is 15.6 Å². The predicted molar refractivity (Wildman–Crippen MR) is 94.2 cm³/mol. The van der Waals surface area contributed by atoms with Gasteiger partial charge in [-0.1, -0.05) is 0 Å². The molecule has 0 aromatic heterocycles. The van der Waals surface area contributed by atoms with Crippen LogP contribution in [0.2, 0.25) is 0 Å². The molecule has 1 aliphatic rings. The minimum atomic E-state index is -3.58. The van der Waals surface area contributed by atoms with Crippen molar-refractivity contribution in [2.75, 3.05) is 19.6 Å². The van der Waals surface area contributed by atoms with Crippen LogP contribution < -0.4 is 10.5 Å². The number of nitrogens with one attached hydrogen (secondary N) is 1. The highest BCUT2D eigenvalue weighted by atomic mass is 32.2. The highest BCUT2D eigenvalue weighted by Gasteiger charge is 2.25. The molecule has 6 nitrogen and oxygen atoms in total. The molecule has 1 aromatic carbocycles. The number of piperidine rings is 1. The van der Waals surface area contributed by atoms with E-state index in [-0.39, 0.29) is 10.8 Å². The predicted octanol–water partition coefficient (Wildman–Crippen LogP) is 1.57. The molecule has 0 atom stereocenters. The molecule has 0 aliphatic carbocycles. The van der Waals surface area contributed by atoms with Gasteiger partial charge in [0, 0.05) is 24.2 Å². The van der Waals surface area contributed by atoms with E-state index in [2.05, 4.69) is 4.72 Å². The van der Waals surface area contributed by atoms with E-state index in [1.807, 2.05) is 4.90 Å². The number of rotatable bonds is 4. The normalized spacial score (nSPS) is 17.1. The number of benzene rings is 1. The largest absolute Gasteiger partial charge is 0.339 e. The number of sulfonamides is 1. The Labute approximate surface area is 144 Å². The van der Waals surface area contributed by atoms with Gasteiger partial charge in [0.2, 0.25) is 10.0 Å². The monoisotopic (exact) mass is 353 g/mol. The first kappa shape index (κ1) is 18.9. The third kappa shape index (κ3) is 4.78. The van der Waals surface area contributed by atoms with Gasteiger partial charge in [0.05, 0.1) is 4.90 Å². The number of nitrogens with two attached hydrogens (primary N) is 1. The molecule has 2 rings (SSSR count). The molecule has 0 bridgehead atoms. The second-order valence-corrected chi connectivity index (χ2v) is 9.03. The van der Waals surface area contributed by atoms with Crippen LogP contribution in [0.4, 0.5) is 0 Å². The molecule has 7 heteroatoms. The quantitative estimate of drug-likeness (QED) is 0.859. The topological polar surface area (TPSA) is 92.5 Å². The third-order valence-electron chi connectivity index (χ3n) is 4.09. The first-order valence-corrected chi connectivity index (χ1v) is 9.74. The number of carbonyl (C=O) groups is 1. The van der Waals surface area contributed by atoms with E-state index in [1.165, 1.54) is 12.1 Å². The molecule has 1 saturated heterocycles. The van der Waals surface area contributed by atoms with Gasteiger partial charge in [0.1, 0.15) is 0 Å². The number of nitrogens with zero attached hydrogens (tertiary/aromatic N) is 1. The van der Waals surface area contributed by atoms with Crippen molar-refractivity contribution in [3.63, 3.8) is 0 Å². The van der Waals surface area contributed by atoms with Gasteiger partial charge in [-0.2, -0.15) is 0 Å². The highest BCUT2D eigenvalue weighted by molar-refractivity contribution is 7.89. The van der Waals surface area contributed by atoms with Crippen molar-refractivity contribution in [3.8, 4) is 0 Å². The summed E-state index contributed by atoms with van der Waals surface area (Å²) in [6.07, 6.45) is 1.84. The molecule has 134 valence electrons. The van der Waals surface area contributed by atoms with Gasteiger partial charge in [-0.15, -0.1) is 0 Å². The molecule has 3 N–H and O–H groups in total. The minimum Gasteiger partial charge on any atom is -0.339 e. The summed E-state index contributed by atoms with van der Waals surface area (Å²) in [7, 11) is -3.58.